The number of nitrogens with one attached hydrogen (secondary N) is 2. The summed E-state index contributed by atoms with van der Waals surface area (Å²) < 4.78 is 27.5. The van der Waals surface area contributed by atoms with E-state index in [2.05, 4.69) is 36.2 Å². The molecule has 0 bridgehead atoms. The van der Waals surface area contributed by atoms with Crippen LogP contribution in [0.15, 0.2) is 32.3 Å². The van der Waals surface area contributed by atoms with Gasteiger partial charge < -0.3 is 5.32 Å². The molecule has 0 aromatic carbocycles. The van der Waals surface area contributed by atoms with E-state index in [9.17, 15) is 8.42 Å². The fraction of sp³-hybridized carbons (Fsp3) is 0.273. The summed E-state index contributed by atoms with van der Waals surface area (Å²) in [5, 5.41) is 10.8. The second-order valence-electron chi connectivity index (χ2n) is 4.27. The Morgan fingerprint density at radius 2 is 1.80 bits per heavy atom. The molecular weight excluding hydrogens is 364 g/mol. The molecule has 0 saturated heterocycles. The lowest BCUT2D eigenvalue weighted by Crippen LogP contribution is -2.15. The fourth-order valence-electron chi connectivity index (χ4n) is 1.39. The molecule has 0 spiro atoms. The predicted molar refractivity (Wildman–Crippen MR) is 83.6 cm³/mol. The summed E-state index contributed by atoms with van der Waals surface area (Å²) in [6, 6.07) is 6.68. The quantitative estimate of drug-likeness (QED) is 0.837. The van der Waals surface area contributed by atoms with E-state index in [-0.39, 0.29) is 16.1 Å². The van der Waals surface area contributed by atoms with Crippen LogP contribution in [0.1, 0.15) is 13.8 Å². The molecule has 9 heteroatoms. The van der Waals surface area contributed by atoms with Crippen LogP contribution < -0.4 is 10.0 Å². The second-order valence-corrected chi connectivity index (χ2v) is 8.64. The van der Waals surface area contributed by atoms with Crippen molar-refractivity contribution in [3.8, 4) is 0 Å². The zero-order valence-electron chi connectivity index (χ0n) is 10.8. The van der Waals surface area contributed by atoms with Gasteiger partial charge in [-0.25, -0.2) is 8.42 Å². The number of aromatic nitrogens is 2. The topological polar surface area (TPSA) is 84.0 Å². The molecule has 0 fully saturated rings. The number of halogens is 1. The van der Waals surface area contributed by atoms with Crippen molar-refractivity contribution in [3.05, 3.63) is 28.1 Å². The summed E-state index contributed by atoms with van der Waals surface area (Å²) in [4.78, 5) is 0. The zero-order valence-corrected chi connectivity index (χ0v) is 14.0. The molecule has 2 rings (SSSR count). The Morgan fingerprint density at radius 3 is 2.30 bits per heavy atom. The van der Waals surface area contributed by atoms with Crippen molar-refractivity contribution in [2.75, 3.05) is 10.0 Å². The minimum absolute atomic E-state index is 0.184. The van der Waals surface area contributed by atoms with Gasteiger partial charge in [0, 0.05) is 6.04 Å². The van der Waals surface area contributed by atoms with Crippen molar-refractivity contribution in [1.29, 1.82) is 0 Å². The molecule has 20 heavy (non-hydrogen) atoms. The number of anilines is 2. The molecular formula is C11H13BrN4O2S2. The van der Waals surface area contributed by atoms with Gasteiger partial charge in [0.2, 0.25) is 0 Å². The van der Waals surface area contributed by atoms with Crippen LogP contribution in [-0.2, 0) is 10.0 Å². The molecule has 0 aliphatic carbocycles. The van der Waals surface area contributed by atoms with E-state index in [0.717, 1.165) is 15.1 Å². The summed E-state index contributed by atoms with van der Waals surface area (Å²) in [6.07, 6.45) is 0. The van der Waals surface area contributed by atoms with Gasteiger partial charge in [0.1, 0.15) is 10.0 Å². The molecule has 2 aromatic heterocycles. The van der Waals surface area contributed by atoms with E-state index in [1.54, 1.807) is 18.2 Å². The van der Waals surface area contributed by atoms with Crippen molar-refractivity contribution in [2.45, 2.75) is 24.1 Å². The van der Waals surface area contributed by atoms with Crippen LogP contribution in [0.2, 0.25) is 0 Å². The molecule has 108 valence electrons. The fourth-order valence-corrected chi connectivity index (χ4v) is 4.40. The third-order valence-electron chi connectivity index (χ3n) is 2.15. The lowest BCUT2D eigenvalue weighted by atomic mass is 10.4. The Labute approximate surface area is 129 Å². The van der Waals surface area contributed by atoms with Crippen LogP contribution in [0.3, 0.4) is 0 Å². The molecule has 0 aliphatic rings. The van der Waals surface area contributed by atoms with E-state index in [4.69, 9.17) is 0 Å². The summed E-state index contributed by atoms with van der Waals surface area (Å²) in [5.74, 6) is 0.783. The van der Waals surface area contributed by atoms with Gasteiger partial charge in [-0.1, -0.05) is 0 Å². The molecule has 0 radical (unpaired) electrons. The first-order chi connectivity index (χ1) is 9.37. The van der Waals surface area contributed by atoms with Crippen molar-refractivity contribution in [2.24, 2.45) is 0 Å². The third kappa shape index (κ3) is 3.90. The highest BCUT2D eigenvalue weighted by molar-refractivity contribution is 9.11. The van der Waals surface area contributed by atoms with Crippen molar-refractivity contribution in [3.63, 3.8) is 0 Å². The first-order valence-corrected chi connectivity index (χ1v) is 8.84. The Balaban J connectivity index is 2.13. The van der Waals surface area contributed by atoms with Gasteiger partial charge in [-0.2, -0.15) is 0 Å². The zero-order chi connectivity index (χ0) is 14.8. The predicted octanol–water partition coefficient (Wildman–Crippen LogP) is 2.92. The molecule has 0 aliphatic heterocycles. The van der Waals surface area contributed by atoms with Crippen LogP contribution in [0.4, 0.5) is 11.6 Å². The van der Waals surface area contributed by atoms with E-state index in [0.29, 0.717) is 5.82 Å². The summed E-state index contributed by atoms with van der Waals surface area (Å²) >= 11 is 4.36. The van der Waals surface area contributed by atoms with Crippen LogP contribution in [0.25, 0.3) is 0 Å². The average Bonchev–Trinajstić information content (AvgIpc) is 2.78. The van der Waals surface area contributed by atoms with Gasteiger partial charge in [-0.15, -0.1) is 21.5 Å². The van der Waals surface area contributed by atoms with E-state index in [1.807, 2.05) is 13.8 Å². The molecule has 2 aromatic rings. The number of nitrogens with zero attached hydrogens (tertiary/aromatic N) is 2. The third-order valence-corrected chi connectivity index (χ3v) is 5.62. The molecule has 0 saturated carbocycles. The maximum atomic E-state index is 12.1. The first kappa shape index (κ1) is 15.2. The Morgan fingerprint density at radius 1 is 1.15 bits per heavy atom. The van der Waals surface area contributed by atoms with Gasteiger partial charge in [0.05, 0.1) is 3.79 Å². The Kier molecular flexibility index (Phi) is 4.61. The van der Waals surface area contributed by atoms with Crippen LogP contribution >= 0.6 is 27.3 Å². The molecule has 0 amide bonds. The van der Waals surface area contributed by atoms with Gasteiger partial charge in [0.15, 0.2) is 5.82 Å². The van der Waals surface area contributed by atoms with Crippen LogP contribution in [-0.4, -0.2) is 24.7 Å². The number of sulfonamides is 1. The SMILES string of the molecule is CC(C)Nc1ccc(NS(=O)(=O)c2ccc(Br)s2)nn1. The van der Waals surface area contributed by atoms with Gasteiger partial charge in [0.25, 0.3) is 10.0 Å². The molecule has 0 unspecified atom stereocenters. The second kappa shape index (κ2) is 6.06. The van der Waals surface area contributed by atoms with Gasteiger partial charge in [-0.3, -0.25) is 4.72 Å². The first-order valence-electron chi connectivity index (χ1n) is 5.75. The largest absolute Gasteiger partial charge is 0.366 e. The molecule has 2 heterocycles. The minimum Gasteiger partial charge on any atom is -0.366 e. The Hall–Kier alpha value is -1.19. The van der Waals surface area contributed by atoms with E-state index < -0.39 is 10.0 Å². The van der Waals surface area contributed by atoms with Crippen LogP contribution in [0.5, 0.6) is 0 Å². The normalized spacial score (nSPS) is 11.6. The van der Waals surface area contributed by atoms with Crippen molar-refractivity contribution in [1.82, 2.24) is 10.2 Å². The van der Waals surface area contributed by atoms with E-state index in [1.165, 1.54) is 6.07 Å². The van der Waals surface area contributed by atoms with E-state index >= 15 is 0 Å². The number of hydrogen-bond acceptors (Lipinski definition) is 6. The number of rotatable bonds is 5. The minimum atomic E-state index is -3.61. The molecule has 0 atom stereocenters. The highest BCUT2D eigenvalue weighted by Crippen LogP contribution is 2.27. The summed E-state index contributed by atoms with van der Waals surface area (Å²) in [6.45, 7) is 3.96. The lowest BCUT2D eigenvalue weighted by Gasteiger charge is -2.09. The smallest absolute Gasteiger partial charge is 0.272 e. The van der Waals surface area contributed by atoms with Crippen LogP contribution in [0, 0.1) is 0 Å². The molecule has 2 N–H and O–H groups in total. The van der Waals surface area contributed by atoms with Gasteiger partial charge in [-0.05, 0) is 54.0 Å². The average molecular weight is 377 g/mol. The lowest BCUT2D eigenvalue weighted by molar-refractivity contribution is 0.603. The number of hydrogen-bond donors (Lipinski definition) is 2. The summed E-state index contributed by atoms with van der Waals surface area (Å²) in [7, 11) is -3.61. The highest BCUT2D eigenvalue weighted by atomic mass is 79.9. The van der Waals surface area contributed by atoms with Gasteiger partial charge >= 0.3 is 0 Å². The summed E-state index contributed by atoms with van der Waals surface area (Å²) in [5.41, 5.74) is 0. The molecule has 6 nitrogen and oxygen atoms in total. The Bertz CT molecular complexity index is 683. The maximum Gasteiger partial charge on any atom is 0.272 e. The highest BCUT2D eigenvalue weighted by Gasteiger charge is 2.17. The van der Waals surface area contributed by atoms with Crippen molar-refractivity contribution >= 4 is 48.9 Å². The monoisotopic (exact) mass is 376 g/mol. The maximum absolute atomic E-state index is 12.1. The number of thiophene rings is 1. The van der Waals surface area contributed by atoms with Crippen molar-refractivity contribution < 1.29 is 8.42 Å². The standard InChI is InChI=1S/C11H13BrN4O2S2/c1-7(2)13-9-4-5-10(15-14-9)16-20(17,18)11-6-3-8(12)19-11/h3-7H,1-2H3,(H,13,14)(H,15,16).